The molecule has 0 aliphatic carbocycles. The van der Waals surface area contributed by atoms with Crippen molar-refractivity contribution in [3.8, 4) is 0 Å². The van der Waals surface area contributed by atoms with Gasteiger partial charge in [0, 0.05) is 30.5 Å². The molecule has 0 radical (unpaired) electrons. The van der Waals surface area contributed by atoms with E-state index in [1.807, 2.05) is 54.0 Å². The number of carbonyl (C=O) groups is 1. The minimum Gasteiger partial charge on any atom is -0.352 e. The van der Waals surface area contributed by atoms with Crippen LogP contribution in [0.4, 0.5) is 0 Å². The summed E-state index contributed by atoms with van der Waals surface area (Å²) < 4.78 is 4.39. The zero-order valence-electron chi connectivity index (χ0n) is 17.5. The number of carbonyl (C=O) groups excluding carboxylic acids is 1. The summed E-state index contributed by atoms with van der Waals surface area (Å²) in [6, 6.07) is 9.42. The predicted octanol–water partition coefficient (Wildman–Crippen LogP) is 4.37. The molecule has 0 saturated heterocycles. The van der Waals surface area contributed by atoms with E-state index in [1.54, 1.807) is 4.57 Å². The summed E-state index contributed by atoms with van der Waals surface area (Å²) in [5.41, 5.74) is 1.70. The molecule has 0 saturated carbocycles. The molecular formula is C22H24ClN5O2S. The summed E-state index contributed by atoms with van der Waals surface area (Å²) in [5.74, 6) is 1.28. The first-order valence-corrected chi connectivity index (χ1v) is 11.6. The number of hydrogen-bond donors (Lipinski definition) is 1. The van der Waals surface area contributed by atoms with E-state index in [-0.39, 0.29) is 17.5 Å². The van der Waals surface area contributed by atoms with Crippen molar-refractivity contribution in [2.75, 3.05) is 0 Å². The highest BCUT2D eigenvalue weighted by molar-refractivity contribution is 7.17. The van der Waals surface area contributed by atoms with Crippen LogP contribution in [0.3, 0.4) is 0 Å². The minimum absolute atomic E-state index is 0.0224. The van der Waals surface area contributed by atoms with Gasteiger partial charge in [-0.1, -0.05) is 36.7 Å². The van der Waals surface area contributed by atoms with Crippen molar-refractivity contribution >= 4 is 44.8 Å². The molecule has 9 heteroatoms. The SMILES string of the molecule is CCC(C)n1c(=O)c2sccc2n2c(CCCC(=O)NCc3ccccc3Cl)nnc12. The number of rotatable bonds is 8. The Morgan fingerprint density at radius 3 is 2.84 bits per heavy atom. The van der Waals surface area contributed by atoms with Crippen LogP contribution in [0.15, 0.2) is 40.5 Å². The number of benzene rings is 1. The second-order valence-electron chi connectivity index (χ2n) is 7.54. The Morgan fingerprint density at radius 1 is 1.26 bits per heavy atom. The number of thiophene rings is 1. The Hall–Kier alpha value is -2.71. The molecule has 1 N–H and O–H groups in total. The summed E-state index contributed by atoms with van der Waals surface area (Å²) in [6.07, 6.45) is 2.41. The molecule has 0 aliphatic heterocycles. The molecule has 4 aromatic rings. The monoisotopic (exact) mass is 457 g/mol. The standard InChI is InChI=1S/C22H24ClN5O2S/c1-3-14(2)27-21(30)20-17(11-12-31-20)28-18(25-26-22(27)28)9-6-10-19(29)24-13-15-7-4-5-8-16(15)23/h4-5,7-8,11-12,14H,3,6,9-10,13H2,1-2H3,(H,24,29). The van der Waals surface area contributed by atoms with Crippen molar-refractivity contribution in [2.45, 2.75) is 52.1 Å². The summed E-state index contributed by atoms with van der Waals surface area (Å²) in [6.45, 7) is 4.46. The van der Waals surface area contributed by atoms with E-state index in [0.29, 0.717) is 41.3 Å². The van der Waals surface area contributed by atoms with Crippen molar-refractivity contribution in [3.05, 3.63) is 62.5 Å². The second kappa shape index (κ2) is 9.20. The molecule has 1 amide bonds. The van der Waals surface area contributed by atoms with Crippen molar-refractivity contribution in [1.29, 1.82) is 0 Å². The van der Waals surface area contributed by atoms with Crippen LogP contribution in [0.2, 0.25) is 5.02 Å². The molecule has 31 heavy (non-hydrogen) atoms. The number of aromatic nitrogens is 4. The first-order valence-electron chi connectivity index (χ1n) is 10.4. The van der Waals surface area contributed by atoms with Crippen LogP contribution in [-0.4, -0.2) is 25.1 Å². The number of amides is 1. The van der Waals surface area contributed by atoms with E-state index in [4.69, 9.17) is 11.6 Å². The molecule has 7 nitrogen and oxygen atoms in total. The normalized spacial score (nSPS) is 12.5. The number of nitrogens with one attached hydrogen (secondary N) is 1. The average molecular weight is 458 g/mol. The molecule has 1 atom stereocenters. The molecule has 3 aromatic heterocycles. The third-order valence-corrected chi connectivity index (χ3v) is 6.76. The summed E-state index contributed by atoms with van der Waals surface area (Å²) in [5, 5.41) is 14.2. The van der Waals surface area contributed by atoms with Crippen molar-refractivity contribution in [1.82, 2.24) is 24.5 Å². The smallest absolute Gasteiger partial charge is 0.273 e. The lowest BCUT2D eigenvalue weighted by atomic mass is 10.2. The van der Waals surface area contributed by atoms with Crippen LogP contribution >= 0.6 is 22.9 Å². The van der Waals surface area contributed by atoms with Gasteiger partial charge in [0.2, 0.25) is 11.7 Å². The van der Waals surface area contributed by atoms with Crippen molar-refractivity contribution in [3.63, 3.8) is 0 Å². The van der Waals surface area contributed by atoms with Crippen molar-refractivity contribution < 1.29 is 4.79 Å². The highest BCUT2D eigenvalue weighted by Gasteiger charge is 2.19. The zero-order chi connectivity index (χ0) is 22.0. The van der Waals surface area contributed by atoms with Crippen LogP contribution < -0.4 is 10.9 Å². The maximum absolute atomic E-state index is 13.0. The van der Waals surface area contributed by atoms with Gasteiger partial charge in [-0.05, 0) is 42.8 Å². The third-order valence-electron chi connectivity index (χ3n) is 5.50. The van der Waals surface area contributed by atoms with Gasteiger partial charge in [-0.15, -0.1) is 21.5 Å². The summed E-state index contributed by atoms with van der Waals surface area (Å²) in [7, 11) is 0. The topological polar surface area (TPSA) is 81.3 Å². The zero-order valence-corrected chi connectivity index (χ0v) is 19.0. The highest BCUT2D eigenvalue weighted by Crippen LogP contribution is 2.23. The molecule has 162 valence electrons. The van der Waals surface area contributed by atoms with Crippen molar-refractivity contribution in [2.24, 2.45) is 0 Å². The molecular weight excluding hydrogens is 434 g/mol. The Balaban J connectivity index is 1.49. The van der Waals surface area contributed by atoms with E-state index in [9.17, 15) is 9.59 Å². The maximum atomic E-state index is 13.0. The van der Waals surface area contributed by atoms with Gasteiger partial charge >= 0.3 is 0 Å². The number of fused-ring (bicyclic) bond motifs is 3. The fourth-order valence-electron chi connectivity index (χ4n) is 3.62. The Kier molecular flexibility index (Phi) is 6.38. The van der Waals surface area contributed by atoms with Gasteiger partial charge in [0.1, 0.15) is 10.5 Å². The number of aryl methyl sites for hydroxylation is 1. The third kappa shape index (κ3) is 4.22. The Morgan fingerprint density at radius 2 is 2.06 bits per heavy atom. The molecule has 1 unspecified atom stereocenters. The molecule has 0 aliphatic rings. The second-order valence-corrected chi connectivity index (χ2v) is 8.86. The molecule has 3 heterocycles. The van der Waals surface area contributed by atoms with Crippen LogP contribution in [0, 0.1) is 0 Å². The van der Waals surface area contributed by atoms with E-state index in [1.165, 1.54) is 11.3 Å². The first-order chi connectivity index (χ1) is 15.0. The molecule has 0 fully saturated rings. The number of halogens is 1. The van der Waals surface area contributed by atoms with E-state index < -0.39 is 0 Å². The van der Waals surface area contributed by atoms with Gasteiger partial charge < -0.3 is 5.32 Å². The lowest BCUT2D eigenvalue weighted by Gasteiger charge is -2.14. The van der Waals surface area contributed by atoms with E-state index in [0.717, 1.165) is 23.3 Å². The summed E-state index contributed by atoms with van der Waals surface area (Å²) in [4.78, 5) is 25.2. The molecule has 0 spiro atoms. The Bertz CT molecular complexity index is 1290. The molecule has 1 aromatic carbocycles. The molecule has 0 bridgehead atoms. The number of nitrogens with zero attached hydrogens (tertiary/aromatic N) is 4. The van der Waals surface area contributed by atoms with Crippen LogP contribution in [0.25, 0.3) is 16.0 Å². The lowest BCUT2D eigenvalue weighted by Crippen LogP contribution is -2.25. The highest BCUT2D eigenvalue weighted by atomic mass is 35.5. The Labute approximate surface area is 188 Å². The van der Waals surface area contributed by atoms with E-state index >= 15 is 0 Å². The largest absolute Gasteiger partial charge is 0.352 e. The summed E-state index contributed by atoms with van der Waals surface area (Å²) >= 11 is 7.57. The fourth-order valence-corrected chi connectivity index (χ4v) is 4.64. The maximum Gasteiger partial charge on any atom is 0.273 e. The van der Waals surface area contributed by atoms with Crippen LogP contribution in [-0.2, 0) is 17.8 Å². The van der Waals surface area contributed by atoms with Gasteiger partial charge in [0.15, 0.2) is 0 Å². The van der Waals surface area contributed by atoms with Gasteiger partial charge in [-0.2, -0.15) is 0 Å². The fraction of sp³-hybridized carbons (Fsp3) is 0.364. The van der Waals surface area contributed by atoms with Crippen LogP contribution in [0.1, 0.15) is 50.5 Å². The minimum atomic E-state index is -0.0362. The number of hydrogen-bond acceptors (Lipinski definition) is 5. The average Bonchev–Trinajstić information content (AvgIpc) is 3.40. The van der Waals surface area contributed by atoms with Gasteiger partial charge in [0.25, 0.3) is 5.56 Å². The van der Waals surface area contributed by atoms with Gasteiger partial charge in [0.05, 0.1) is 5.52 Å². The quantitative estimate of drug-likeness (QED) is 0.426. The van der Waals surface area contributed by atoms with Crippen LogP contribution in [0.5, 0.6) is 0 Å². The molecule has 4 rings (SSSR count). The lowest BCUT2D eigenvalue weighted by molar-refractivity contribution is -0.121. The van der Waals surface area contributed by atoms with E-state index in [2.05, 4.69) is 15.5 Å². The predicted molar refractivity (Wildman–Crippen MR) is 124 cm³/mol. The van der Waals surface area contributed by atoms with Gasteiger partial charge in [-0.3, -0.25) is 18.6 Å². The van der Waals surface area contributed by atoms with Gasteiger partial charge in [-0.25, -0.2) is 0 Å². The first kappa shape index (κ1) is 21.5.